The van der Waals surface area contributed by atoms with E-state index in [0.717, 1.165) is 102 Å². The summed E-state index contributed by atoms with van der Waals surface area (Å²) in [5.74, 6) is 0. The lowest BCUT2D eigenvalue weighted by molar-refractivity contribution is 1.28. The summed E-state index contributed by atoms with van der Waals surface area (Å²) in [7, 11) is 0. The Labute approximate surface area is 491 Å². The number of nitrogens with zero attached hydrogens (tertiary/aromatic N) is 4. The Kier molecular flexibility index (Phi) is 14.0. The van der Waals surface area contributed by atoms with Crippen molar-refractivity contribution in [3.63, 3.8) is 0 Å². The second kappa shape index (κ2) is 23.1. The van der Waals surface area contributed by atoms with Crippen LogP contribution in [0, 0.1) is 0 Å². The average Bonchev–Trinajstić information content (AvgIpc) is 3.74. The van der Waals surface area contributed by atoms with Crippen molar-refractivity contribution in [2.45, 2.75) is 0 Å². The zero-order valence-corrected chi connectivity index (χ0v) is 46.3. The summed E-state index contributed by atoms with van der Waals surface area (Å²) in [4.78, 5) is 9.35. The third kappa shape index (κ3) is 10.3. The van der Waals surface area contributed by atoms with Crippen molar-refractivity contribution in [3.05, 3.63) is 352 Å². The first-order valence-corrected chi connectivity index (χ1v) is 28.6. The molecule has 0 bridgehead atoms. The van der Waals surface area contributed by atoms with Crippen LogP contribution in [0.1, 0.15) is 0 Å². The van der Waals surface area contributed by atoms with E-state index in [2.05, 4.69) is 371 Å². The Morgan fingerprint density at radius 2 is 0.321 bits per heavy atom. The lowest BCUT2D eigenvalue weighted by Crippen LogP contribution is -2.11. The maximum Gasteiger partial charge on any atom is 0.0540 e. The fourth-order valence-electron chi connectivity index (χ4n) is 11.7. The molecule has 0 saturated carbocycles. The van der Waals surface area contributed by atoms with E-state index in [4.69, 9.17) is 0 Å². The fraction of sp³-hybridized carbons (Fsp3) is 0. The third-order valence-corrected chi connectivity index (χ3v) is 15.8. The predicted molar refractivity (Wildman–Crippen MR) is 356 cm³/mol. The molecule has 0 amide bonds. The van der Waals surface area contributed by atoms with Crippen molar-refractivity contribution in [2.24, 2.45) is 0 Å². The third-order valence-electron chi connectivity index (χ3n) is 15.8. The number of fused-ring (bicyclic) bond motifs is 2. The van der Waals surface area contributed by atoms with E-state index in [1.807, 2.05) is 0 Å². The monoisotopic (exact) mass is 1070 g/mol. The molecule has 398 valence electrons. The van der Waals surface area contributed by atoms with Crippen LogP contribution in [0.2, 0.25) is 0 Å². The minimum Gasteiger partial charge on any atom is -0.311 e. The van der Waals surface area contributed by atoms with Crippen LogP contribution in [0.25, 0.3) is 54.9 Å². The molecular weight excluding hydrogens is 1020 g/mol. The van der Waals surface area contributed by atoms with Crippen LogP contribution in [0.5, 0.6) is 0 Å². The number of benzene rings is 14. The zero-order chi connectivity index (χ0) is 56.0. The lowest BCUT2D eigenvalue weighted by atomic mass is 10.0. The first-order chi connectivity index (χ1) is 41.7. The van der Waals surface area contributed by atoms with Gasteiger partial charge in [-0.1, -0.05) is 218 Å². The molecule has 0 aliphatic heterocycles. The van der Waals surface area contributed by atoms with E-state index in [9.17, 15) is 0 Å². The van der Waals surface area contributed by atoms with Gasteiger partial charge in [-0.3, -0.25) is 0 Å². The standard InChI is InChI=1S/C80H58N4/c1-5-23-67(24-6-1)81(68-25-7-2-8-26-68)71-47-35-59(36-48-71)60-37-49-72(50-38-60)82(69-27-9-3-10-28-69)73-51-39-61(40-52-73)62-41-53-74(54-42-62)83(70-29-11-4-12-30-70)75-55-43-63(44-56-75)64-45-57-76(58-46-64)84(79-33-17-21-65-19-13-15-31-77(65)79)80-34-18-22-66-20-14-16-32-78(66)80/h1-58H. The number of anilines is 12. The molecule has 4 nitrogen and oxygen atoms in total. The Morgan fingerprint density at radius 3 is 0.571 bits per heavy atom. The summed E-state index contributed by atoms with van der Waals surface area (Å²) in [5.41, 5.74) is 20.2. The van der Waals surface area contributed by atoms with Gasteiger partial charge >= 0.3 is 0 Å². The molecule has 0 aliphatic rings. The zero-order valence-electron chi connectivity index (χ0n) is 46.3. The van der Waals surface area contributed by atoms with Crippen LogP contribution in [-0.2, 0) is 0 Å². The van der Waals surface area contributed by atoms with E-state index in [0.29, 0.717) is 0 Å². The predicted octanol–water partition coefficient (Wildman–Crippen LogP) is 22.9. The summed E-state index contributed by atoms with van der Waals surface area (Å²) in [5, 5.41) is 4.84. The molecular formula is C80H58N4. The molecule has 4 heteroatoms. The van der Waals surface area contributed by atoms with Gasteiger partial charge in [0.15, 0.2) is 0 Å². The number of hydrogen-bond donors (Lipinski definition) is 0. The number of rotatable bonds is 15. The van der Waals surface area contributed by atoms with Crippen LogP contribution >= 0.6 is 0 Å². The summed E-state index contributed by atoms with van der Waals surface area (Å²) in [6.45, 7) is 0. The lowest BCUT2D eigenvalue weighted by Gasteiger charge is -2.28. The van der Waals surface area contributed by atoms with Crippen molar-refractivity contribution in [1.82, 2.24) is 0 Å². The van der Waals surface area contributed by atoms with Gasteiger partial charge in [0.2, 0.25) is 0 Å². The molecule has 0 atom stereocenters. The van der Waals surface area contributed by atoms with Crippen LogP contribution < -0.4 is 19.6 Å². The highest BCUT2D eigenvalue weighted by Crippen LogP contribution is 2.44. The van der Waals surface area contributed by atoms with Gasteiger partial charge in [0.05, 0.1) is 11.4 Å². The summed E-state index contributed by atoms with van der Waals surface area (Å²) < 4.78 is 0. The van der Waals surface area contributed by atoms with E-state index >= 15 is 0 Å². The van der Waals surface area contributed by atoms with Gasteiger partial charge in [-0.15, -0.1) is 0 Å². The van der Waals surface area contributed by atoms with Crippen molar-refractivity contribution in [1.29, 1.82) is 0 Å². The minimum absolute atomic E-state index is 1.08. The second-order valence-electron chi connectivity index (χ2n) is 21.0. The van der Waals surface area contributed by atoms with Crippen LogP contribution in [-0.4, -0.2) is 0 Å². The van der Waals surface area contributed by atoms with E-state index in [-0.39, 0.29) is 0 Å². The van der Waals surface area contributed by atoms with Gasteiger partial charge in [0.1, 0.15) is 0 Å². The second-order valence-corrected chi connectivity index (χ2v) is 21.0. The quantitative estimate of drug-likeness (QED) is 0.101. The van der Waals surface area contributed by atoms with Gasteiger partial charge < -0.3 is 19.6 Å². The molecule has 0 aromatic heterocycles. The highest BCUT2D eigenvalue weighted by molar-refractivity contribution is 6.05. The molecule has 0 aliphatic carbocycles. The highest BCUT2D eigenvalue weighted by atomic mass is 15.2. The molecule has 14 aromatic rings. The Balaban J connectivity index is 0.709. The number of hydrogen-bond acceptors (Lipinski definition) is 4. The summed E-state index contributed by atoms with van der Waals surface area (Å²) in [6, 6.07) is 126. The Bertz CT molecular complexity index is 4350. The van der Waals surface area contributed by atoms with Gasteiger partial charge in [-0.2, -0.15) is 0 Å². The summed E-state index contributed by atoms with van der Waals surface area (Å²) >= 11 is 0. The van der Waals surface area contributed by atoms with Gasteiger partial charge in [-0.25, -0.2) is 0 Å². The van der Waals surface area contributed by atoms with Gasteiger partial charge in [0.25, 0.3) is 0 Å². The summed E-state index contributed by atoms with van der Waals surface area (Å²) in [6.07, 6.45) is 0. The maximum absolute atomic E-state index is 2.41. The minimum atomic E-state index is 1.08. The molecule has 14 aromatic carbocycles. The van der Waals surface area contributed by atoms with Crippen LogP contribution in [0.4, 0.5) is 68.2 Å². The van der Waals surface area contributed by atoms with Gasteiger partial charge in [-0.05, 0) is 178 Å². The largest absolute Gasteiger partial charge is 0.311 e. The Hall–Kier alpha value is -11.2. The van der Waals surface area contributed by atoms with Gasteiger partial charge in [0, 0.05) is 67.6 Å². The smallest absolute Gasteiger partial charge is 0.0540 e. The SMILES string of the molecule is c1ccc(N(c2ccccc2)c2ccc(-c3ccc(N(c4ccccc4)c4ccc(-c5ccc(N(c6ccccc6)c6ccc(-c7ccc(N(c8cccc9ccccc89)c8cccc9ccccc89)cc7)cc6)cc5)cc4)cc3)cc2)cc1. The van der Waals surface area contributed by atoms with E-state index < -0.39 is 0 Å². The topological polar surface area (TPSA) is 13.0 Å². The fourth-order valence-corrected chi connectivity index (χ4v) is 11.7. The molecule has 0 spiro atoms. The van der Waals surface area contributed by atoms with Crippen molar-refractivity contribution < 1.29 is 0 Å². The Morgan fingerprint density at radius 1 is 0.131 bits per heavy atom. The molecule has 0 saturated heterocycles. The molecule has 0 unspecified atom stereocenters. The molecule has 84 heavy (non-hydrogen) atoms. The maximum atomic E-state index is 2.41. The van der Waals surface area contributed by atoms with Crippen molar-refractivity contribution in [2.75, 3.05) is 19.6 Å². The first-order valence-electron chi connectivity index (χ1n) is 28.6. The average molecular weight is 1080 g/mol. The van der Waals surface area contributed by atoms with Crippen LogP contribution in [0.3, 0.4) is 0 Å². The van der Waals surface area contributed by atoms with E-state index in [1.165, 1.54) is 21.5 Å². The van der Waals surface area contributed by atoms with Crippen molar-refractivity contribution >= 4 is 89.8 Å². The highest BCUT2D eigenvalue weighted by Gasteiger charge is 2.20. The van der Waals surface area contributed by atoms with Crippen molar-refractivity contribution in [3.8, 4) is 33.4 Å². The molecule has 0 N–H and O–H groups in total. The normalized spacial score (nSPS) is 11.1. The molecule has 14 rings (SSSR count). The molecule has 0 fully saturated rings. The first kappa shape index (κ1) is 51.0. The van der Waals surface area contributed by atoms with E-state index in [1.54, 1.807) is 0 Å². The number of para-hydroxylation sites is 4. The molecule has 0 radical (unpaired) electrons. The van der Waals surface area contributed by atoms with Crippen LogP contribution in [0.15, 0.2) is 352 Å². The molecule has 0 heterocycles.